The number of benzene rings is 1. The van der Waals surface area contributed by atoms with Crippen molar-refractivity contribution in [3.63, 3.8) is 0 Å². The van der Waals surface area contributed by atoms with E-state index in [-0.39, 0.29) is 28.5 Å². The van der Waals surface area contributed by atoms with Crippen molar-refractivity contribution in [2.75, 3.05) is 18.0 Å². The Balaban J connectivity index is 1.99. The zero-order valence-corrected chi connectivity index (χ0v) is 17.2. The number of anilines is 1. The number of aryl methyl sites for hydroxylation is 1. The molecule has 28 heavy (non-hydrogen) atoms. The van der Waals surface area contributed by atoms with Gasteiger partial charge in [-0.1, -0.05) is 0 Å². The van der Waals surface area contributed by atoms with Gasteiger partial charge in [0.1, 0.15) is 5.82 Å². The fourth-order valence-electron chi connectivity index (χ4n) is 4.62. The Morgan fingerprint density at radius 1 is 1.32 bits per heavy atom. The summed E-state index contributed by atoms with van der Waals surface area (Å²) in [4.78, 5) is 15.1. The smallest absolute Gasteiger partial charge is 0.294 e. The molecule has 4 rings (SSSR count). The summed E-state index contributed by atoms with van der Waals surface area (Å²) in [5, 5.41) is 1.37. The second-order valence-corrected chi connectivity index (χ2v) is 8.91. The molecule has 5 nitrogen and oxygen atoms in total. The van der Waals surface area contributed by atoms with Gasteiger partial charge in [-0.05, 0) is 64.7 Å². The number of nitrogens with two attached hydrogens (primary N) is 1. The predicted molar refractivity (Wildman–Crippen MR) is 112 cm³/mol. The fraction of sp³-hybridized carbons (Fsp3) is 0.500. The average Bonchev–Trinajstić information content (AvgIpc) is 3.24. The first kappa shape index (κ1) is 19.0. The Morgan fingerprint density at radius 2 is 2.04 bits per heavy atom. The van der Waals surface area contributed by atoms with Crippen LogP contribution in [0.4, 0.5) is 10.1 Å². The molecule has 150 valence electrons. The average molecular weight is 385 g/mol. The van der Waals surface area contributed by atoms with Gasteiger partial charge in [-0.2, -0.15) is 0 Å². The maximum absolute atomic E-state index is 15.3. The quantitative estimate of drug-likeness (QED) is 0.728. The Labute approximate surface area is 163 Å². The van der Waals surface area contributed by atoms with Crippen LogP contribution in [0.5, 0.6) is 0 Å². The van der Waals surface area contributed by atoms with Gasteiger partial charge in [0, 0.05) is 35.4 Å². The first-order chi connectivity index (χ1) is 13.1. The second-order valence-electron chi connectivity index (χ2n) is 8.91. The Hall–Kier alpha value is -2.34. The van der Waals surface area contributed by atoms with E-state index < -0.39 is 0 Å². The van der Waals surface area contributed by atoms with Crippen molar-refractivity contribution in [2.45, 2.75) is 52.6 Å². The minimum absolute atomic E-state index is 0.0733. The standard InChI is InChI=1S/C22H28FN3O2/c1-12(2)26-18-13(3)19(25-8-6-14(11-25)22(4,5)24)17(23)10-16(18)15-7-9-28-20(15)21(26)27/h7,9-10,12,14H,6,8,11,24H2,1-5H3. The molecule has 3 aromatic rings. The van der Waals surface area contributed by atoms with E-state index in [1.54, 1.807) is 16.7 Å². The van der Waals surface area contributed by atoms with Crippen LogP contribution >= 0.6 is 0 Å². The molecule has 1 atom stereocenters. The third-order valence-electron chi connectivity index (χ3n) is 6.15. The van der Waals surface area contributed by atoms with Crippen molar-refractivity contribution in [3.05, 3.63) is 40.1 Å². The summed E-state index contributed by atoms with van der Waals surface area (Å²) < 4.78 is 22.5. The van der Waals surface area contributed by atoms with E-state index in [1.807, 2.05) is 34.6 Å². The van der Waals surface area contributed by atoms with Crippen LogP contribution in [0.15, 0.2) is 27.6 Å². The van der Waals surface area contributed by atoms with Crippen LogP contribution in [0.2, 0.25) is 0 Å². The molecule has 0 saturated carbocycles. The van der Waals surface area contributed by atoms with E-state index in [9.17, 15) is 4.79 Å². The number of hydrogen-bond acceptors (Lipinski definition) is 4. The lowest BCUT2D eigenvalue weighted by molar-refractivity contribution is 0.348. The fourth-order valence-corrected chi connectivity index (χ4v) is 4.62. The number of furan rings is 1. The Bertz CT molecular complexity index is 1120. The third kappa shape index (κ3) is 2.73. The summed E-state index contributed by atoms with van der Waals surface area (Å²) in [6.07, 6.45) is 2.42. The normalized spacial score (nSPS) is 18.1. The van der Waals surface area contributed by atoms with Gasteiger partial charge in [0.05, 0.1) is 17.5 Å². The lowest BCUT2D eigenvalue weighted by atomic mass is 9.88. The highest BCUT2D eigenvalue weighted by Crippen LogP contribution is 2.38. The molecule has 0 spiro atoms. The van der Waals surface area contributed by atoms with Gasteiger partial charge in [0.2, 0.25) is 0 Å². The minimum atomic E-state index is -0.307. The summed E-state index contributed by atoms with van der Waals surface area (Å²) in [6.45, 7) is 11.3. The summed E-state index contributed by atoms with van der Waals surface area (Å²) in [6, 6.07) is 3.22. The van der Waals surface area contributed by atoms with Crippen molar-refractivity contribution in [3.8, 4) is 0 Å². The van der Waals surface area contributed by atoms with Crippen LogP contribution in [-0.2, 0) is 0 Å². The first-order valence-corrected chi connectivity index (χ1v) is 9.89. The van der Waals surface area contributed by atoms with E-state index in [2.05, 4.69) is 4.90 Å². The largest absolute Gasteiger partial charge is 0.458 e. The van der Waals surface area contributed by atoms with Crippen molar-refractivity contribution in [1.82, 2.24) is 4.57 Å². The lowest BCUT2D eigenvalue weighted by Gasteiger charge is -2.29. The number of rotatable bonds is 3. The number of aromatic nitrogens is 1. The van der Waals surface area contributed by atoms with Gasteiger partial charge in [0.25, 0.3) is 5.56 Å². The summed E-state index contributed by atoms with van der Waals surface area (Å²) in [7, 11) is 0. The van der Waals surface area contributed by atoms with Crippen LogP contribution in [0.1, 0.15) is 45.7 Å². The highest BCUT2D eigenvalue weighted by Gasteiger charge is 2.34. The number of hydrogen-bond donors (Lipinski definition) is 1. The molecule has 1 saturated heterocycles. The monoisotopic (exact) mass is 385 g/mol. The van der Waals surface area contributed by atoms with E-state index in [1.165, 1.54) is 6.26 Å². The molecular formula is C22H28FN3O2. The molecule has 1 fully saturated rings. The Kier molecular flexibility index (Phi) is 4.30. The van der Waals surface area contributed by atoms with Crippen LogP contribution in [0, 0.1) is 18.7 Å². The summed E-state index contributed by atoms with van der Waals surface area (Å²) in [5.74, 6) is 0.0302. The molecule has 0 aliphatic carbocycles. The maximum atomic E-state index is 15.3. The molecule has 1 unspecified atom stereocenters. The molecule has 0 amide bonds. The number of pyridine rings is 1. The molecule has 1 aliphatic heterocycles. The van der Waals surface area contributed by atoms with Gasteiger partial charge < -0.3 is 19.6 Å². The number of fused-ring (bicyclic) bond motifs is 3. The first-order valence-electron chi connectivity index (χ1n) is 9.89. The van der Waals surface area contributed by atoms with Gasteiger partial charge in [-0.3, -0.25) is 4.79 Å². The molecule has 1 aromatic carbocycles. The van der Waals surface area contributed by atoms with E-state index in [4.69, 9.17) is 10.2 Å². The topological polar surface area (TPSA) is 64.4 Å². The molecule has 2 aromatic heterocycles. The van der Waals surface area contributed by atoms with Crippen molar-refractivity contribution in [1.29, 1.82) is 0 Å². The van der Waals surface area contributed by atoms with Crippen LogP contribution in [0.3, 0.4) is 0 Å². The van der Waals surface area contributed by atoms with Crippen molar-refractivity contribution >= 4 is 27.6 Å². The third-order valence-corrected chi connectivity index (χ3v) is 6.15. The van der Waals surface area contributed by atoms with Crippen LogP contribution in [0.25, 0.3) is 21.9 Å². The summed E-state index contributed by atoms with van der Waals surface area (Å²) in [5.41, 5.74) is 8.25. The van der Waals surface area contributed by atoms with Gasteiger partial charge in [0.15, 0.2) is 5.58 Å². The highest BCUT2D eigenvalue weighted by molar-refractivity contribution is 6.06. The van der Waals surface area contributed by atoms with Crippen molar-refractivity contribution in [2.24, 2.45) is 11.7 Å². The molecule has 3 heterocycles. The summed E-state index contributed by atoms with van der Waals surface area (Å²) >= 11 is 0. The van der Waals surface area contributed by atoms with Crippen molar-refractivity contribution < 1.29 is 8.81 Å². The van der Waals surface area contributed by atoms with Crippen LogP contribution < -0.4 is 16.2 Å². The van der Waals surface area contributed by atoms with E-state index in [0.717, 1.165) is 24.0 Å². The highest BCUT2D eigenvalue weighted by atomic mass is 19.1. The second kappa shape index (κ2) is 6.34. The van der Waals surface area contributed by atoms with E-state index in [0.29, 0.717) is 28.9 Å². The number of halogens is 1. The number of nitrogens with zero attached hydrogens (tertiary/aromatic N) is 2. The van der Waals surface area contributed by atoms with E-state index >= 15 is 4.39 Å². The van der Waals surface area contributed by atoms with Crippen LogP contribution in [-0.4, -0.2) is 23.2 Å². The lowest BCUT2D eigenvalue weighted by Crippen LogP contribution is -2.42. The molecule has 2 N–H and O–H groups in total. The SMILES string of the molecule is Cc1c(N2CCC(C(C)(C)N)C2)c(F)cc2c3ccoc3c(=O)n(C(C)C)c12. The Morgan fingerprint density at radius 3 is 2.64 bits per heavy atom. The molecule has 0 radical (unpaired) electrons. The zero-order valence-electron chi connectivity index (χ0n) is 17.2. The van der Waals surface area contributed by atoms with Gasteiger partial charge >= 0.3 is 0 Å². The van der Waals surface area contributed by atoms with Gasteiger partial charge in [-0.25, -0.2) is 4.39 Å². The maximum Gasteiger partial charge on any atom is 0.294 e. The molecule has 0 bridgehead atoms. The molecule has 1 aliphatic rings. The predicted octanol–water partition coefficient (Wildman–Crippen LogP) is 4.34. The van der Waals surface area contributed by atoms with Gasteiger partial charge in [-0.15, -0.1) is 0 Å². The molecule has 6 heteroatoms. The minimum Gasteiger partial charge on any atom is -0.458 e. The molecular weight excluding hydrogens is 357 g/mol. The zero-order chi connectivity index (χ0) is 20.4.